The molecule has 2 aliphatic heterocycles. The Hall–Kier alpha value is -3.03. The molecule has 154 valence electrons. The van der Waals surface area contributed by atoms with Crippen molar-refractivity contribution in [3.05, 3.63) is 36.0 Å². The number of urea groups is 1. The smallest absolute Gasteiger partial charge is 0.418 e. The number of carboxylic acids is 1. The Kier molecular flexibility index (Phi) is 4.72. The lowest BCUT2D eigenvalue weighted by atomic mass is 10.0. The predicted molar refractivity (Wildman–Crippen MR) is 95.8 cm³/mol. The van der Waals surface area contributed by atoms with E-state index in [9.17, 15) is 18.0 Å². The molecule has 2 saturated heterocycles. The molecular weight excluding hydrogens is 406 g/mol. The quantitative estimate of drug-likeness (QED) is 0.637. The first-order valence-electron chi connectivity index (χ1n) is 8.72. The van der Waals surface area contributed by atoms with Crippen LogP contribution in [0.25, 0.3) is 11.3 Å². The summed E-state index contributed by atoms with van der Waals surface area (Å²) < 4.78 is 36.7. The van der Waals surface area contributed by atoms with E-state index in [0.29, 0.717) is 35.7 Å². The van der Waals surface area contributed by atoms with Crippen LogP contribution < -0.4 is 0 Å². The molecule has 2 bridgehead atoms. The highest BCUT2D eigenvalue weighted by atomic mass is 32.3. The molecule has 2 amide bonds. The number of nitrogens with zero attached hydrogens (tertiary/aromatic N) is 5. The molecule has 2 aromatic rings. The summed E-state index contributed by atoms with van der Waals surface area (Å²) in [6.45, 7) is 0.635. The van der Waals surface area contributed by atoms with Gasteiger partial charge in [0, 0.05) is 12.1 Å². The monoisotopic (exact) mass is 423 g/mol. The molecule has 0 radical (unpaired) electrons. The zero-order valence-electron chi connectivity index (χ0n) is 14.9. The fourth-order valence-electron chi connectivity index (χ4n) is 3.62. The second kappa shape index (κ2) is 7.09. The van der Waals surface area contributed by atoms with Crippen LogP contribution in [-0.4, -0.2) is 73.7 Å². The lowest BCUT2D eigenvalue weighted by Crippen LogP contribution is -2.42. The number of amides is 2. The number of rotatable bonds is 6. The Morgan fingerprint density at radius 3 is 2.62 bits per heavy atom. The number of aromatic carboxylic acids is 1. The Labute approximate surface area is 165 Å². The molecular formula is C16H17N5O7S. The van der Waals surface area contributed by atoms with Crippen molar-refractivity contribution in [2.24, 2.45) is 0 Å². The van der Waals surface area contributed by atoms with Gasteiger partial charge in [0.25, 0.3) is 0 Å². The molecule has 1 aromatic carbocycles. The van der Waals surface area contributed by atoms with Crippen LogP contribution in [0, 0.1) is 0 Å². The van der Waals surface area contributed by atoms with Crippen LogP contribution in [0.3, 0.4) is 0 Å². The van der Waals surface area contributed by atoms with Gasteiger partial charge in [0.2, 0.25) is 0 Å². The number of benzene rings is 1. The van der Waals surface area contributed by atoms with E-state index in [4.69, 9.17) is 9.66 Å². The van der Waals surface area contributed by atoms with E-state index in [1.54, 1.807) is 23.0 Å². The first-order valence-corrected chi connectivity index (χ1v) is 10.1. The SMILES string of the molecule is O=C(O)c1ccc(-c2cn(CC3CCC4CN3C(=O)N4OS(=O)(=O)O)nn2)cc1. The zero-order chi connectivity index (χ0) is 20.8. The number of hydrogen-bond donors (Lipinski definition) is 2. The molecule has 13 heteroatoms. The minimum atomic E-state index is -4.78. The van der Waals surface area contributed by atoms with E-state index in [1.165, 1.54) is 17.0 Å². The van der Waals surface area contributed by atoms with E-state index in [-0.39, 0.29) is 18.2 Å². The topological polar surface area (TPSA) is 155 Å². The maximum atomic E-state index is 12.4. The maximum Gasteiger partial charge on any atom is 0.418 e. The third-order valence-electron chi connectivity index (χ3n) is 4.99. The molecule has 2 fully saturated rings. The summed E-state index contributed by atoms with van der Waals surface area (Å²) in [5, 5.41) is 17.8. The summed E-state index contributed by atoms with van der Waals surface area (Å²) >= 11 is 0. The van der Waals surface area contributed by atoms with E-state index >= 15 is 0 Å². The second-order valence-corrected chi connectivity index (χ2v) is 7.86. The van der Waals surface area contributed by atoms with Crippen LogP contribution in [0.4, 0.5) is 4.79 Å². The number of fused-ring (bicyclic) bond motifs is 2. The largest absolute Gasteiger partial charge is 0.478 e. The Balaban J connectivity index is 1.46. The molecule has 2 atom stereocenters. The van der Waals surface area contributed by atoms with Gasteiger partial charge in [-0.15, -0.1) is 9.38 Å². The molecule has 0 spiro atoms. The fraction of sp³-hybridized carbons (Fsp3) is 0.375. The molecule has 3 heterocycles. The summed E-state index contributed by atoms with van der Waals surface area (Å²) in [6, 6.07) is 4.92. The minimum absolute atomic E-state index is 0.169. The van der Waals surface area contributed by atoms with Crippen molar-refractivity contribution in [3.63, 3.8) is 0 Å². The van der Waals surface area contributed by atoms with Gasteiger partial charge in [-0.05, 0) is 25.0 Å². The van der Waals surface area contributed by atoms with Crippen LogP contribution in [-0.2, 0) is 21.2 Å². The third kappa shape index (κ3) is 3.92. The Morgan fingerprint density at radius 1 is 1.24 bits per heavy atom. The van der Waals surface area contributed by atoms with Crippen molar-refractivity contribution in [1.29, 1.82) is 0 Å². The van der Waals surface area contributed by atoms with Crippen molar-refractivity contribution in [3.8, 4) is 11.3 Å². The van der Waals surface area contributed by atoms with E-state index in [0.717, 1.165) is 0 Å². The van der Waals surface area contributed by atoms with E-state index in [2.05, 4.69) is 14.6 Å². The normalized spacial score (nSPS) is 21.6. The predicted octanol–water partition coefficient (Wildman–Crippen LogP) is 0.646. The average molecular weight is 423 g/mol. The first-order chi connectivity index (χ1) is 13.7. The van der Waals surface area contributed by atoms with Gasteiger partial charge >= 0.3 is 22.4 Å². The number of aromatic nitrogens is 3. The molecule has 2 aliphatic rings. The minimum Gasteiger partial charge on any atom is -0.478 e. The van der Waals surface area contributed by atoms with Crippen LogP contribution >= 0.6 is 0 Å². The highest BCUT2D eigenvalue weighted by molar-refractivity contribution is 7.80. The zero-order valence-corrected chi connectivity index (χ0v) is 15.8. The maximum absolute atomic E-state index is 12.4. The van der Waals surface area contributed by atoms with Crippen molar-refractivity contribution < 1.29 is 31.9 Å². The van der Waals surface area contributed by atoms with Gasteiger partial charge in [-0.3, -0.25) is 4.55 Å². The van der Waals surface area contributed by atoms with Gasteiger partial charge in [0.05, 0.1) is 30.4 Å². The van der Waals surface area contributed by atoms with Gasteiger partial charge in [-0.25, -0.2) is 14.3 Å². The van der Waals surface area contributed by atoms with Gasteiger partial charge in [-0.1, -0.05) is 17.3 Å². The number of carboxylic acid groups (broad SMARTS) is 1. The molecule has 2 N–H and O–H groups in total. The highest BCUT2D eigenvalue weighted by Crippen LogP contribution is 2.31. The van der Waals surface area contributed by atoms with Gasteiger partial charge in [-0.2, -0.15) is 13.5 Å². The van der Waals surface area contributed by atoms with E-state index in [1.807, 2.05) is 0 Å². The van der Waals surface area contributed by atoms with Gasteiger partial charge in [0.1, 0.15) is 5.69 Å². The van der Waals surface area contributed by atoms with Crippen molar-refractivity contribution in [1.82, 2.24) is 25.0 Å². The van der Waals surface area contributed by atoms with Crippen LogP contribution in [0.1, 0.15) is 23.2 Å². The molecule has 0 aliphatic carbocycles. The van der Waals surface area contributed by atoms with Crippen LogP contribution in [0.5, 0.6) is 0 Å². The van der Waals surface area contributed by atoms with E-state index < -0.39 is 28.4 Å². The molecule has 0 saturated carbocycles. The Morgan fingerprint density at radius 2 is 1.97 bits per heavy atom. The van der Waals surface area contributed by atoms with Gasteiger partial charge in [0.15, 0.2) is 0 Å². The Bertz CT molecular complexity index is 1050. The molecule has 1 aromatic heterocycles. The number of carbonyl (C=O) groups is 2. The number of piperidine rings is 1. The lowest BCUT2D eigenvalue weighted by Gasteiger charge is -2.29. The first kappa shape index (κ1) is 19.3. The number of hydroxylamine groups is 2. The van der Waals surface area contributed by atoms with Crippen LogP contribution in [0.2, 0.25) is 0 Å². The van der Waals surface area contributed by atoms with Crippen molar-refractivity contribution in [2.45, 2.75) is 31.5 Å². The van der Waals surface area contributed by atoms with Crippen LogP contribution in [0.15, 0.2) is 30.5 Å². The number of carbonyl (C=O) groups excluding carboxylic acids is 1. The number of hydrogen-bond acceptors (Lipinski definition) is 7. The van der Waals surface area contributed by atoms with Gasteiger partial charge < -0.3 is 10.0 Å². The summed E-state index contributed by atoms with van der Waals surface area (Å²) in [5.41, 5.74) is 1.43. The standard InChI is InChI=1S/C16H17N5O7S/c22-15(23)11-3-1-10(2-4-11)14-9-19(18-17-14)7-12-5-6-13-8-20(12)16(24)21(13)28-29(25,26)27/h1-4,9,12-13H,5-8H2,(H,22,23)(H,25,26,27). The molecule has 2 unspecified atom stereocenters. The average Bonchev–Trinajstić information content (AvgIpc) is 3.22. The highest BCUT2D eigenvalue weighted by Gasteiger charge is 2.47. The second-order valence-electron chi connectivity index (χ2n) is 6.86. The molecule has 4 rings (SSSR count). The summed E-state index contributed by atoms with van der Waals surface area (Å²) in [5.74, 6) is -1.02. The summed E-state index contributed by atoms with van der Waals surface area (Å²) in [7, 11) is -4.78. The lowest BCUT2D eigenvalue weighted by molar-refractivity contribution is -0.0317. The van der Waals surface area contributed by atoms with Crippen molar-refractivity contribution >= 4 is 22.4 Å². The summed E-state index contributed by atoms with van der Waals surface area (Å²) in [4.78, 5) is 24.9. The van der Waals surface area contributed by atoms with Crippen molar-refractivity contribution in [2.75, 3.05) is 6.54 Å². The molecule has 12 nitrogen and oxygen atoms in total. The fourth-order valence-corrected chi connectivity index (χ4v) is 4.01. The summed E-state index contributed by atoms with van der Waals surface area (Å²) in [6.07, 6.45) is 2.81. The third-order valence-corrected chi connectivity index (χ3v) is 5.33. The molecule has 29 heavy (non-hydrogen) atoms.